The molecule has 0 aliphatic heterocycles. The standard InChI is InChI=1S/C33H19N3S/c1-2-9-22-21(8-1)24-16-15-20(32-35-19-29-25-11-5-6-14-30(25)37-33(29)36-32)18-28(24)23-10-3-4-12-26(23)31-27(22)13-7-17-34-31/h1-19H. The van der Waals surface area contributed by atoms with Crippen LogP contribution in [0, 0.1) is 0 Å². The van der Waals surface area contributed by atoms with Crippen molar-refractivity contribution in [3.05, 3.63) is 116 Å². The third-order valence-corrected chi connectivity index (χ3v) is 8.28. The normalized spacial score (nSPS) is 11.8. The number of nitrogens with zero attached hydrogens (tertiary/aromatic N) is 3. The van der Waals surface area contributed by atoms with Gasteiger partial charge in [-0.3, -0.25) is 4.98 Å². The molecular weight excluding hydrogens is 470 g/mol. The van der Waals surface area contributed by atoms with Crippen LogP contribution in [-0.2, 0) is 0 Å². The topological polar surface area (TPSA) is 38.7 Å². The van der Waals surface area contributed by atoms with E-state index in [0.29, 0.717) is 0 Å². The Hall–Kier alpha value is -4.67. The maximum Gasteiger partial charge on any atom is 0.160 e. The van der Waals surface area contributed by atoms with Crippen molar-refractivity contribution in [3.8, 4) is 56.0 Å². The molecule has 4 heteroatoms. The van der Waals surface area contributed by atoms with Gasteiger partial charge >= 0.3 is 0 Å². The summed E-state index contributed by atoms with van der Waals surface area (Å²) in [5, 5.41) is 2.32. The van der Waals surface area contributed by atoms with Gasteiger partial charge in [0.1, 0.15) is 4.83 Å². The fraction of sp³-hybridized carbons (Fsp3) is 0. The monoisotopic (exact) mass is 489 g/mol. The van der Waals surface area contributed by atoms with Crippen LogP contribution in [0.25, 0.3) is 76.3 Å². The summed E-state index contributed by atoms with van der Waals surface area (Å²) in [5.74, 6) is 0.744. The van der Waals surface area contributed by atoms with E-state index in [-0.39, 0.29) is 0 Å². The number of thiophene rings is 1. The number of aromatic nitrogens is 3. The Bertz CT molecular complexity index is 2000. The van der Waals surface area contributed by atoms with E-state index in [2.05, 4.69) is 97.1 Å². The number of fused-ring (bicyclic) bond motifs is 11. The first-order valence-electron chi connectivity index (χ1n) is 12.3. The van der Waals surface area contributed by atoms with E-state index in [1.165, 1.54) is 26.8 Å². The summed E-state index contributed by atoms with van der Waals surface area (Å²) in [6, 6.07) is 36.4. The van der Waals surface area contributed by atoms with Crippen molar-refractivity contribution in [2.45, 2.75) is 0 Å². The summed E-state index contributed by atoms with van der Waals surface area (Å²) < 4.78 is 1.24. The van der Waals surface area contributed by atoms with Gasteiger partial charge in [-0.05, 0) is 46.0 Å². The average molecular weight is 490 g/mol. The molecule has 8 rings (SSSR count). The summed E-state index contributed by atoms with van der Waals surface area (Å²) in [4.78, 5) is 15.7. The molecule has 0 saturated carbocycles. The fourth-order valence-corrected chi connectivity index (χ4v) is 6.55. The van der Waals surface area contributed by atoms with Crippen molar-refractivity contribution in [3.63, 3.8) is 0 Å². The SMILES string of the molecule is c1ccc2c(c1)-c1ccc(-c3ncc4c(n3)sc3ccccc34)cc1-c1ccccc1-c1ncccc1-2. The molecule has 3 heterocycles. The number of pyridine rings is 1. The van der Waals surface area contributed by atoms with Gasteiger partial charge in [0, 0.05) is 44.6 Å². The van der Waals surface area contributed by atoms with E-state index < -0.39 is 0 Å². The minimum Gasteiger partial charge on any atom is -0.256 e. The molecule has 0 spiro atoms. The van der Waals surface area contributed by atoms with Gasteiger partial charge in [0.05, 0.1) is 5.69 Å². The smallest absolute Gasteiger partial charge is 0.160 e. The van der Waals surface area contributed by atoms with E-state index in [1.54, 1.807) is 11.3 Å². The van der Waals surface area contributed by atoms with E-state index in [9.17, 15) is 0 Å². The van der Waals surface area contributed by atoms with Crippen LogP contribution < -0.4 is 0 Å². The molecule has 0 unspecified atom stereocenters. The lowest BCUT2D eigenvalue weighted by molar-refractivity contribution is 1.24. The van der Waals surface area contributed by atoms with E-state index in [0.717, 1.165) is 49.6 Å². The molecular formula is C33H19N3S. The van der Waals surface area contributed by atoms with Crippen LogP contribution >= 0.6 is 11.3 Å². The van der Waals surface area contributed by atoms with Gasteiger partial charge in [-0.2, -0.15) is 0 Å². The molecule has 7 aromatic rings. The number of benzene rings is 4. The van der Waals surface area contributed by atoms with E-state index >= 15 is 0 Å². The zero-order valence-electron chi connectivity index (χ0n) is 19.7. The molecule has 0 atom stereocenters. The molecule has 1 aliphatic rings. The Balaban J connectivity index is 1.40. The van der Waals surface area contributed by atoms with Crippen molar-refractivity contribution < 1.29 is 0 Å². The van der Waals surface area contributed by atoms with Crippen LogP contribution in [0.5, 0.6) is 0 Å². The van der Waals surface area contributed by atoms with Crippen LogP contribution in [0.15, 0.2) is 116 Å². The van der Waals surface area contributed by atoms with E-state index in [1.807, 2.05) is 18.5 Å². The van der Waals surface area contributed by atoms with Crippen LogP contribution in [0.3, 0.4) is 0 Å². The highest BCUT2D eigenvalue weighted by Crippen LogP contribution is 2.47. The molecule has 172 valence electrons. The minimum absolute atomic E-state index is 0.744. The first-order chi connectivity index (χ1) is 18.3. The zero-order valence-corrected chi connectivity index (χ0v) is 20.5. The van der Waals surface area contributed by atoms with Gasteiger partial charge in [-0.25, -0.2) is 9.97 Å². The second-order valence-corrected chi connectivity index (χ2v) is 10.3. The first kappa shape index (κ1) is 20.5. The summed E-state index contributed by atoms with van der Waals surface area (Å²) in [7, 11) is 0. The molecule has 0 saturated heterocycles. The third kappa shape index (κ3) is 3.09. The molecule has 0 fully saturated rings. The van der Waals surface area contributed by atoms with Crippen LogP contribution in [0.1, 0.15) is 0 Å². The quantitative estimate of drug-likeness (QED) is 0.231. The fourth-order valence-electron chi connectivity index (χ4n) is 5.51. The minimum atomic E-state index is 0.744. The third-order valence-electron chi connectivity index (χ3n) is 7.20. The second kappa shape index (κ2) is 7.92. The van der Waals surface area contributed by atoms with Gasteiger partial charge in [0.2, 0.25) is 0 Å². The molecule has 1 aliphatic carbocycles. The predicted molar refractivity (Wildman–Crippen MR) is 153 cm³/mol. The Morgan fingerprint density at radius 2 is 1.19 bits per heavy atom. The van der Waals surface area contributed by atoms with Crippen molar-refractivity contribution in [2.24, 2.45) is 0 Å². The lowest BCUT2D eigenvalue weighted by atomic mass is 9.82. The molecule has 3 aromatic heterocycles. The molecule has 0 amide bonds. The zero-order chi connectivity index (χ0) is 24.3. The van der Waals surface area contributed by atoms with Gasteiger partial charge in [0.25, 0.3) is 0 Å². The number of hydrogen-bond donors (Lipinski definition) is 0. The lowest BCUT2D eigenvalue weighted by Gasteiger charge is -2.22. The molecule has 3 nitrogen and oxygen atoms in total. The molecule has 0 bridgehead atoms. The maximum absolute atomic E-state index is 5.00. The summed E-state index contributed by atoms with van der Waals surface area (Å²) in [6.45, 7) is 0. The highest BCUT2D eigenvalue weighted by atomic mass is 32.1. The average Bonchev–Trinajstić information content (AvgIpc) is 3.34. The molecule has 0 radical (unpaired) electrons. The lowest BCUT2D eigenvalue weighted by Crippen LogP contribution is -1.99. The predicted octanol–water partition coefficient (Wildman–Crippen LogP) is 8.89. The highest BCUT2D eigenvalue weighted by Gasteiger charge is 2.23. The Labute approximate surface area is 217 Å². The number of rotatable bonds is 1. The van der Waals surface area contributed by atoms with Crippen LogP contribution in [0.4, 0.5) is 0 Å². The number of hydrogen-bond acceptors (Lipinski definition) is 4. The van der Waals surface area contributed by atoms with Gasteiger partial charge in [-0.15, -0.1) is 11.3 Å². The maximum atomic E-state index is 5.00. The largest absolute Gasteiger partial charge is 0.256 e. The van der Waals surface area contributed by atoms with Crippen molar-refractivity contribution >= 4 is 31.6 Å². The summed E-state index contributed by atoms with van der Waals surface area (Å²) in [5.41, 5.74) is 10.2. The highest BCUT2D eigenvalue weighted by molar-refractivity contribution is 7.25. The van der Waals surface area contributed by atoms with E-state index in [4.69, 9.17) is 15.0 Å². The summed E-state index contributed by atoms with van der Waals surface area (Å²) in [6.07, 6.45) is 3.85. The second-order valence-electron chi connectivity index (χ2n) is 9.26. The summed E-state index contributed by atoms with van der Waals surface area (Å²) >= 11 is 1.72. The van der Waals surface area contributed by atoms with Gasteiger partial charge in [0.15, 0.2) is 5.82 Å². The molecule has 0 N–H and O–H groups in total. The van der Waals surface area contributed by atoms with Crippen molar-refractivity contribution in [2.75, 3.05) is 0 Å². The first-order valence-corrected chi connectivity index (χ1v) is 13.1. The Morgan fingerprint density at radius 1 is 0.514 bits per heavy atom. The van der Waals surface area contributed by atoms with Gasteiger partial charge < -0.3 is 0 Å². The van der Waals surface area contributed by atoms with Gasteiger partial charge in [-0.1, -0.05) is 84.9 Å². The van der Waals surface area contributed by atoms with Crippen LogP contribution in [-0.4, -0.2) is 15.0 Å². The molecule has 37 heavy (non-hydrogen) atoms. The Morgan fingerprint density at radius 3 is 2.05 bits per heavy atom. The Kier molecular flexibility index (Phi) is 4.39. The van der Waals surface area contributed by atoms with Crippen molar-refractivity contribution in [1.82, 2.24) is 15.0 Å². The molecule has 4 aromatic carbocycles. The van der Waals surface area contributed by atoms with Crippen LogP contribution in [0.2, 0.25) is 0 Å². The van der Waals surface area contributed by atoms with Crippen molar-refractivity contribution in [1.29, 1.82) is 0 Å².